The van der Waals surface area contributed by atoms with Gasteiger partial charge in [0.2, 0.25) is 11.9 Å². The Kier molecular flexibility index (Phi) is 12.5. The van der Waals surface area contributed by atoms with Crippen LogP contribution in [0.25, 0.3) is 0 Å². The Morgan fingerprint density at radius 1 is 0.725 bits per heavy atom. The van der Waals surface area contributed by atoms with Crippen LogP contribution in [-0.4, -0.2) is 59.2 Å². The molecule has 2 aromatic carbocycles. The summed E-state index contributed by atoms with van der Waals surface area (Å²) in [5.74, 6) is -4.14. The van der Waals surface area contributed by atoms with Crippen LogP contribution in [0.2, 0.25) is 10.0 Å². The molecule has 2 unspecified atom stereocenters. The molecule has 12 nitrogen and oxygen atoms in total. The molecule has 2 rings (SSSR count). The van der Waals surface area contributed by atoms with E-state index < -0.39 is 35.9 Å². The number of hydroxylamine groups is 4. The van der Waals surface area contributed by atoms with Gasteiger partial charge in [-0.2, -0.15) is 10.1 Å². The molecule has 8 N–H and O–H groups in total. The van der Waals surface area contributed by atoms with Crippen LogP contribution in [0.5, 0.6) is 0 Å². The number of benzene rings is 2. The highest BCUT2D eigenvalue weighted by atomic mass is 35.5. The lowest BCUT2D eigenvalue weighted by Crippen LogP contribution is -2.48. The topological polar surface area (TPSA) is 183 Å². The maximum Gasteiger partial charge on any atom is 0.444 e. The summed E-state index contributed by atoms with van der Waals surface area (Å²) in [5, 5.41) is 25.0. The highest BCUT2D eigenvalue weighted by Gasteiger charge is 2.30. The smallest absolute Gasteiger partial charge is 0.368 e. The average molecular weight is 596 g/mol. The van der Waals surface area contributed by atoms with Crippen molar-refractivity contribution in [3.63, 3.8) is 0 Å². The molecule has 0 heterocycles. The molecule has 0 bridgehead atoms. The van der Waals surface area contributed by atoms with E-state index in [1.54, 1.807) is 48.5 Å². The van der Waals surface area contributed by atoms with Gasteiger partial charge in [-0.1, -0.05) is 75.2 Å². The minimum atomic E-state index is -1.46. The minimum absolute atomic E-state index is 0.0207. The lowest BCUT2D eigenvalue weighted by Gasteiger charge is -2.29. The van der Waals surface area contributed by atoms with Crippen molar-refractivity contribution in [2.24, 2.45) is 11.5 Å². The Bertz CT molecular complexity index is 1070. The van der Waals surface area contributed by atoms with Gasteiger partial charge in [-0.3, -0.25) is 10.8 Å². The van der Waals surface area contributed by atoms with Gasteiger partial charge in [0.05, 0.1) is 25.2 Å². The molecule has 0 fully saturated rings. The van der Waals surface area contributed by atoms with Gasteiger partial charge in [0.25, 0.3) is 0 Å². The van der Waals surface area contributed by atoms with Crippen LogP contribution in [0.4, 0.5) is 0 Å². The summed E-state index contributed by atoms with van der Waals surface area (Å²) in [5.41, 5.74) is 12.9. The van der Waals surface area contributed by atoms with Crippen molar-refractivity contribution in [2.75, 3.05) is 13.1 Å². The fourth-order valence-corrected chi connectivity index (χ4v) is 3.93. The molecular weight excluding hydrogens is 559 g/mol. The number of halogens is 2. The Labute approximate surface area is 243 Å². The van der Waals surface area contributed by atoms with E-state index in [1.807, 2.05) is 27.7 Å². The number of carbonyl (C=O) groups is 2. The normalized spacial score (nSPS) is 12.5. The first kappa shape index (κ1) is 32.6. The van der Waals surface area contributed by atoms with Crippen LogP contribution in [0.1, 0.15) is 50.9 Å². The maximum absolute atomic E-state index is 12.7. The van der Waals surface area contributed by atoms with Gasteiger partial charge in [0, 0.05) is 22.1 Å². The van der Waals surface area contributed by atoms with Crippen molar-refractivity contribution in [1.29, 1.82) is 10.8 Å². The quantitative estimate of drug-likeness (QED) is 0.103. The van der Waals surface area contributed by atoms with Crippen LogP contribution in [0, 0.1) is 10.8 Å². The predicted molar refractivity (Wildman–Crippen MR) is 154 cm³/mol. The van der Waals surface area contributed by atoms with Crippen LogP contribution in [0.15, 0.2) is 48.5 Å². The van der Waals surface area contributed by atoms with Gasteiger partial charge < -0.3 is 31.8 Å². The number of nitrogens with zero attached hydrogens (tertiary/aromatic N) is 2. The van der Waals surface area contributed by atoms with Crippen LogP contribution >= 0.6 is 23.2 Å². The van der Waals surface area contributed by atoms with Crippen molar-refractivity contribution in [2.45, 2.75) is 51.9 Å². The molecular formula is C26H36Cl2N8O4. The third-order valence-corrected chi connectivity index (χ3v) is 5.90. The van der Waals surface area contributed by atoms with E-state index in [2.05, 4.69) is 10.6 Å². The monoisotopic (exact) mass is 594 g/mol. The number of guanidine groups is 2. The molecule has 0 aliphatic rings. The van der Waals surface area contributed by atoms with Crippen LogP contribution < -0.4 is 22.1 Å². The molecule has 0 radical (unpaired) electrons. The first-order valence-electron chi connectivity index (χ1n) is 12.5. The Balaban J connectivity index is 2.15. The lowest BCUT2D eigenvalue weighted by atomic mass is 10.1. The molecule has 40 heavy (non-hydrogen) atoms. The number of rotatable bonds is 10. The van der Waals surface area contributed by atoms with Gasteiger partial charge in [-0.05, 0) is 35.4 Å². The Morgan fingerprint density at radius 3 is 1.27 bits per heavy atom. The van der Waals surface area contributed by atoms with Crippen molar-refractivity contribution >= 4 is 47.1 Å². The molecule has 0 amide bonds. The minimum Gasteiger partial charge on any atom is -0.368 e. The third kappa shape index (κ3) is 10.5. The van der Waals surface area contributed by atoms with E-state index in [4.69, 9.17) is 55.2 Å². The average Bonchev–Trinajstić information content (AvgIpc) is 2.87. The van der Waals surface area contributed by atoms with E-state index in [0.717, 1.165) is 21.3 Å². The fraction of sp³-hybridized carbons (Fsp3) is 0.385. The number of hydrogen-bond acceptors (Lipinski definition) is 8. The van der Waals surface area contributed by atoms with E-state index in [9.17, 15) is 9.59 Å². The summed E-state index contributed by atoms with van der Waals surface area (Å²) in [6.45, 7) is 7.50. The van der Waals surface area contributed by atoms with Crippen LogP contribution in [0.3, 0.4) is 0 Å². The fourth-order valence-electron chi connectivity index (χ4n) is 3.68. The van der Waals surface area contributed by atoms with Gasteiger partial charge in [0.15, 0.2) is 0 Å². The zero-order chi connectivity index (χ0) is 30.0. The largest absolute Gasteiger partial charge is 0.444 e. The molecule has 0 saturated heterocycles. The van der Waals surface area contributed by atoms with Crippen molar-refractivity contribution in [3.8, 4) is 0 Å². The molecule has 0 aromatic heterocycles. The van der Waals surface area contributed by atoms with Gasteiger partial charge >= 0.3 is 11.9 Å². The standard InChI is InChI=1S/C26H36Cl2N8O4/c1-15(2)33-21(17-5-9-19(27)10-6-17)13-35(25(29)30)39-23(37)24(38)40-36(26(31)32)14-22(34-16(3)4)18-7-11-20(28)12-8-18/h5-12,15-16,21-22,33-34H,13-14H2,1-4H3,(H3,29,30)(H3,31,32). The highest BCUT2D eigenvalue weighted by molar-refractivity contribution is 6.31. The van der Waals surface area contributed by atoms with Crippen molar-refractivity contribution in [1.82, 2.24) is 20.8 Å². The third-order valence-electron chi connectivity index (χ3n) is 5.40. The summed E-state index contributed by atoms with van der Waals surface area (Å²) in [4.78, 5) is 35.6. The van der Waals surface area contributed by atoms with E-state index >= 15 is 0 Å². The second-order valence-corrected chi connectivity index (χ2v) is 10.4. The molecule has 14 heteroatoms. The van der Waals surface area contributed by atoms with Gasteiger partial charge in [-0.25, -0.2) is 9.59 Å². The molecule has 2 atom stereocenters. The Hall–Kier alpha value is -3.58. The van der Waals surface area contributed by atoms with E-state index in [1.165, 1.54) is 0 Å². The van der Waals surface area contributed by atoms with E-state index in [0.29, 0.717) is 10.0 Å². The molecule has 218 valence electrons. The van der Waals surface area contributed by atoms with Crippen molar-refractivity contribution < 1.29 is 19.3 Å². The van der Waals surface area contributed by atoms with Gasteiger partial charge in [0.1, 0.15) is 0 Å². The molecule has 0 saturated carbocycles. The summed E-state index contributed by atoms with van der Waals surface area (Å²) >= 11 is 12.0. The highest BCUT2D eigenvalue weighted by Crippen LogP contribution is 2.20. The summed E-state index contributed by atoms with van der Waals surface area (Å²) in [7, 11) is 0. The summed E-state index contributed by atoms with van der Waals surface area (Å²) in [6, 6.07) is 13.1. The Morgan fingerprint density at radius 2 is 1.02 bits per heavy atom. The molecule has 2 aromatic rings. The molecule has 0 aliphatic heterocycles. The molecule has 0 spiro atoms. The summed E-state index contributed by atoms with van der Waals surface area (Å²) in [6.07, 6.45) is 0. The first-order chi connectivity index (χ1) is 18.8. The summed E-state index contributed by atoms with van der Waals surface area (Å²) < 4.78 is 0. The number of nitrogens with two attached hydrogens (primary N) is 2. The van der Waals surface area contributed by atoms with Crippen LogP contribution in [-0.2, 0) is 19.3 Å². The number of hydrogen-bond donors (Lipinski definition) is 6. The van der Waals surface area contributed by atoms with Gasteiger partial charge in [-0.15, -0.1) is 0 Å². The van der Waals surface area contributed by atoms with E-state index in [-0.39, 0.29) is 25.2 Å². The molecule has 0 aliphatic carbocycles. The second-order valence-electron chi connectivity index (χ2n) is 9.50. The van der Waals surface area contributed by atoms with Crippen molar-refractivity contribution in [3.05, 3.63) is 69.7 Å². The lowest BCUT2D eigenvalue weighted by molar-refractivity contribution is -0.202. The zero-order valence-electron chi connectivity index (χ0n) is 22.8. The zero-order valence-corrected chi connectivity index (χ0v) is 24.3. The SMILES string of the molecule is CC(C)NC(CN(OC(=O)C(=O)ON(CC(NC(C)C)c1ccc(Cl)cc1)C(=N)N)C(=N)N)c1ccc(Cl)cc1. The second kappa shape index (κ2) is 15.3. The number of carbonyl (C=O) groups excluding carboxylic acids is 2. The number of nitrogens with one attached hydrogen (secondary N) is 4. The predicted octanol–water partition coefficient (Wildman–Crippen LogP) is 3.08. The first-order valence-corrected chi connectivity index (χ1v) is 13.2. The maximum atomic E-state index is 12.7.